The summed E-state index contributed by atoms with van der Waals surface area (Å²) in [6.45, 7) is 0.677. The highest BCUT2D eigenvalue weighted by molar-refractivity contribution is 6.02. The topological polar surface area (TPSA) is 103 Å². The van der Waals surface area contributed by atoms with E-state index in [1.54, 1.807) is 53.4 Å². The number of ether oxygens (including phenoxy) is 1. The molecule has 1 saturated heterocycles. The van der Waals surface area contributed by atoms with Gasteiger partial charge in [-0.15, -0.1) is 0 Å². The number of amides is 1. The number of hydrogen-bond acceptors (Lipinski definition) is 6. The molecule has 1 fully saturated rings. The van der Waals surface area contributed by atoms with Gasteiger partial charge in [-0.3, -0.25) is 4.79 Å². The Kier molecular flexibility index (Phi) is 5.69. The number of aliphatic hydroxyl groups excluding tert-OH is 1. The van der Waals surface area contributed by atoms with Gasteiger partial charge in [0.15, 0.2) is 6.10 Å². The third kappa shape index (κ3) is 4.07. The summed E-state index contributed by atoms with van der Waals surface area (Å²) in [7, 11) is 0. The highest BCUT2D eigenvalue weighted by Gasteiger charge is 2.36. The number of aliphatic hydroxyl groups is 1. The SMILES string of the molecule is N#Cc1ccc(N2CCC(OC(=O)c3ccccc3NCCO)C2=O)cc1. The average Bonchev–Trinajstić information content (AvgIpc) is 3.07. The molecular weight excluding hydrogens is 346 g/mol. The lowest BCUT2D eigenvalue weighted by Gasteiger charge is -2.17. The second kappa shape index (κ2) is 8.34. The molecule has 2 aromatic rings. The van der Waals surface area contributed by atoms with Gasteiger partial charge in [0.25, 0.3) is 5.91 Å². The number of benzene rings is 2. The summed E-state index contributed by atoms with van der Waals surface area (Å²) in [5.74, 6) is -0.870. The first kappa shape index (κ1) is 18.4. The van der Waals surface area contributed by atoms with Crippen LogP contribution in [0.15, 0.2) is 48.5 Å². The number of nitrogens with one attached hydrogen (secondary N) is 1. The molecule has 1 aliphatic rings. The van der Waals surface area contributed by atoms with Crippen LogP contribution >= 0.6 is 0 Å². The van der Waals surface area contributed by atoms with Crippen molar-refractivity contribution in [3.8, 4) is 6.07 Å². The first-order valence-corrected chi connectivity index (χ1v) is 8.60. The van der Waals surface area contributed by atoms with Crippen LogP contribution in [0.3, 0.4) is 0 Å². The first-order valence-electron chi connectivity index (χ1n) is 8.60. The maximum Gasteiger partial charge on any atom is 0.341 e. The number of esters is 1. The Labute approximate surface area is 156 Å². The van der Waals surface area contributed by atoms with Crippen LogP contribution in [0.4, 0.5) is 11.4 Å². The third-order valence-electron chi connectivity index (χ3n) is 4.29. The zero-order valence-corrected chi connectivity index (χ0v) is 14.6. The molecule has 0 bridgehead atoms. The molecule has 1 unspecified atom stereocenters. The molecule has 0 spiro atoms. The van der Waals surface area contributed by atoms with Crippen LogP contribution in [0.5, 0.6) is 0 Å². The largest absolute Gasteiger partial charge is 0.449 e. The molecule has 1 aliphatic heterocycles. The summed E-state index contributed by atoms with van der Waals surface area (Å²) in [6.07, 6.45) is -0.448. The molecule has 0 radical (unpaired) electrons. The van der Waals surface area contributed by atoms with Crippen molar-refractivity contribution < 1.29 is 19.4 Å². The molecule has 0 aromatic heterocycles. The summed E-state index contributed by atoms with van der Waals surface area (Å²) in [4.78, 5) is 26.7. The van der Waals surface area contributed by atoms with Crippen molar-refractivity contribution in [2.24, 2.45) is 0 Å². The van der Waals surface area contributed by atoms with Crippen molar-refractivity contribution in [2.75, 3.05) is 29.9 Å². The molecule has 1 amide bonds. The highest BCUT2D eigenvalue weighted by atomic mass is 16.5. The molecule has 138 valence electrons. The first-order chi connectivity index (χ1) is 13.1. The Bertz CT molecular complexity index is 874. The van der Waals surface area contributed by atoms with Crippen molar-refractivity contribution in [2.45, 2.75) is 12.5 Å². The number of hydrogen-bond donors (Lipinski definition) is 2. The van der Waals surface area contributed by atoms with Gasteiger partial charge >= 0.3 is 5.97 Å². The number of rotatable bonds is 6. The Balaban J connectivity index is 1.69. The fourth-order valence-electron chi connectivity index (χ4n) is 2.93. The number of anilines is 2. The minimum Gasteiger partial charge on any atom is -0.449 e. The molecule has 27 heavy (non-hydrogen) atoms. The number of nitriles is 1. The van der Waals surface area contributed by atoms with E-state index in [0.717, 1.165) is 0 Å². The van der Waals surface area contributed by atoms with E-state index >= 15 is 0 Å². The third-order valence-corrected chi connectivity index (χ3v) is 4.29. The molecule has 0 aliphatic carbocycles. The summed E-state index contributed by atoms with van der Waals surface area (Å²) in [5, 5.41) is 20.8. The maximum atomic E-state index is 12.6. The number of nitrogens with zero attached hydrogens (tertiary/aromatic N) is 2. The minimum atomic E-state index is -0.848. The molecule has 0 saturated carbocycles. The van der Waals surface area contributed by atoms with E-state index in [4.69, 9.17) is 15.1 Å². The van der Waals surface area contributed by atoms with Gasteiger partial charge in [-0.2, -0.15) is 5.26 Å². The summed E-state index contributed by atoms with van der Waals surface area (Å²) in [6, 6.07) is 15.5. The monoisotopic (exact) mass is 365 g/mol. The summed E-state index contributed by atoms with van der Waals surface area (Å²) < 4.78 is 5.44. The fraction of sp³-hybridized carbons (Fsp3) is 0.250. The molecule has 1 atom stereocenters. The lowest BCUT2D eigenvalue weighted by Crippen LogP contribution is -2.32. The normalized spacial score (nSPS) is 16.1. The quantitative estimate of drug-likeness (QED) is 0.758. The minimum absolute atomic E-state index is 0.0654. The molecule has 2 aromatic carbocycles. The van der Waals surface area contributed by atoms with Crippen molar-refractivity contribution in [1.29, 1.82) is 5.26 Å². The molecule has 7 heteroatoms. The van der Waals surface area contributed by atoms with Gasteiger partial charge in [0.2, 0.25) is 0 Å². The fourth-order valence-corrected chi connectivity index (χ4v) is 2.93. The van der Waals surface area contributed by atoms with Crippen LogP contribution in [0.25, 0.3) is 0 Å². The summed E-state index contributed by atoms with van der Waals surface area (Å²) >= 11 is 0. The van der Waals surface area contributed by atoms with E-state index in [1.165, 1.54) is 0 Å². The van der Waals surface area contributed by atoms with Crippen LogP contribution in [0.2, 0.25) is 0 Å². The molecule has 7 nitrogen and oxygen atoms in total. The second-order valence-electron chi connectivity index (χ2n) is 6.03. The highest BCUT2D eigenvalue weighted by Crippen LogP contribution is 2.25. The smallest absolute Gasteiger partial charge is 0.341 e. The van der Waals surface area contributed by atoms with E-state index < -0.39 is 12.1 Å². The van der Waals surface area contributed by atoms with E-state index in [-0.39, 0.29) is 12.5 Å². The van der Waals surface area contributed by atoms with Crippen LogP contribution in [0.1, 0.15) is 22.3 Å². The lowest BCUT2D eigenvalue weighted by molar-refractivity contribution is -0.124. The Morgan fingerprint density at radius 3 is 2.70 bits per heavy atom. The van der Waals surface area contributed by atoms with Crippen molar-refractivity contribution in [3.05, 3.63) is 59.7 Å². The Hall–Kier alpha value is -3.37. The van der Waals surface area contributed by atoms with Gasteiger partial charge in [-0.05, 0) is 36.4 Å². The number of para-hydroxylation sites is 1. The second-order valence-corrected chi connectivity index (χ2v) is 6.03. The average molecular weight is 365 g/mol. The van der Waals surface area contributed by atoms with Crippen LogP contribution in [-0.4, -0.2) is 42.8 Å². The van der Waals surface area contributed by atoms with E-state index in [2.05, 4.69) is 5.32 Å². The van der Waals surface area contributed by atoms with Crippen molar-refractivity contribution in [1.82, 2.24) is 0 Å². The van der Waals surface area contributed by atoms with Gasteiger partial charge in [0.05, 0.1) is 23.8 Å². The zero-order chi connectivity index (χ0) is 19.2. The van der Waals surface area contributed by atoms with Crippen LogP contribution in [0, 0.1) is 11.3 Å². The van der Waals surface area contributed by atoms with E-state index in [9.17, 15) is 9.59 Å². The maximum absolute atomic E-state index is 12.6. The van der Waals surface area contributed by atoms with E-state index in [0.29, 0.717) is 42.0 Å². The van der Waals surface area contributed by atoms with Crippen LogP contribution < -0.4 is 10.2 Å². The van der Waals surface area contributed by atoms with Crippen LogP contribution in [-0.2, 0) is 9.53 Å². The Morgan fingerprint density at radius 2 is 2.00 bits per heavy atom. The molecular formula is C20H19N3O4. The van der Waals surface area contributed by atoms with Gasteiger partial charge in [-0.25, -0.2) is 4.79 Å². The zero-order valence-electron chi connectivity index (χ0n) is 14.6. The molecule has 2 N–H and O–H groups in total. The van der Waals surface area contributed by atoms with Crippen molar-refractivity contribution in [3.63, 3.8) is 0 Å². The summed E-state index contributed by atoms with van der Waals surface area (Å²) in [5.41, 5.74) is 2.05. The van der Waals surface area contributed by atoms with Crippen molar-refractivity contribution >= 4 is 23.3 Å². The van der Waals surface area contributed by atoms with Gasteiger partial charge < -0.3 is 20.1 Å². The number of carbonyl (C=O) groups excluding carboxylic acids is 2. The van der Waals surface area contributed by atoms with Gasteiger partial charge in [0, 0.05) is 30.9 Å². The lowest BCUT2D eigenvalue weighted by atomic mass is 10.1. The number of carbonyl (C=O) groups is 2. The molecule has 1 heterocycles. The van der Waals surface area contributed by atoms with Gasteiger partial charge in [-0.1, -0.05) is 12.1 Å². The molecule has 3 rings (SSSR count). The predicted molar refractivity (Wildman–Crippen MR) is 99.3 cm³/mol. The van der Waals surface area contributed by atoms with E-state index in [1.807, 2.05) is 6.07 Å². The predicted octanol–water partition coefficient (Wildman–Crippen LogP) is 1.92. The standard InChI is InChI=1S/C20H19N3O4/c21-13-14-5-7-15(8-6-14)23-11-9-18(19(23)25)27-20(26)16-3-1-2-4-17(16)22-10-12-24/h1-8,18,22,24H,9-12H2. The van der Waals surface area contributed by atoms with Gasteiger partial charge in [0.1, 0.15) is 0 Å². The Morgan fingerprint density at radius 1 is 1.26 bits per heavy atom.